The molecule has 5 heteroatoms. The minimum Gasteiger partial charge on any atom is -0.481 e. The molecule has 0 amide bonds. The monoisotopic (exact) mass is 276 g/mol. The molecule has 0 atom stereocenters. The Hall–Kier alpha value is -1.88. The van der Waals surface area contributed by atoms with E-state index in [1.54, 1.807) is 5.38 Å². The number of nitrogens with zero attached hydrogens (tertiary/aromatic N) is 1. The lowest BCUT2D eigenvalue weighted by Gasteiger charge is -2.07. The second kappa shape index (κ2) is 6.33. The summed E-state index contributed by atoms with van der Waals surface area (Å²) in [5, 5.41) is 14.5. The summed E-state index contributed by atoms with van der Waals surface area (Å²) in [6, 6.07) is 8.27. The lowest BCUT2D eigenvalue weighted by molar-refractivity contribution is -0.136. The molecular weight excluding hydrogens is 260 g/mol. The fraction of sp³-hybridized carbons (Fsp3) is 0.286. The molecule has 1 aromatic carbocycles. The van der Waals surface area contributed by atoms with E-state index in [-0.39, 0.29) is 6.42 Å². The molecule has 0 unspecified atom stereocenters. The van der Waals surface area contributed by atoms with E-state index in [1.165, 1.54) is 22.5 Å². The number of carboxylic acid groups (broad SMARTS) is 1. The highest BCUT2D eigenvalue weighted by Crippen LogP contribution is 2.18. The third kappa shape index (κ3) is 3.79. The van der Waals surface area contributed by atoms with Crippen LogP contribution >= 0.6 is 11.3 Å². The third-order valence-electron chi connectivity index (χ3n) is 2.81. The molecule has 4 nitrogen and oxygen atoms in total. The van der Waals surface area contributed by atoms with Gasteiger partial charge in [0.15, 0.2) is 5.13 Å². The zero-order valence-electron chi connectivity index (χ0n) is 10.7. The van der Waals surface area contributed by atoms with Crippen LogP contribution in [0.15, 0.2) is 29.6 Å². The molecule has 19 heavy (non-hydrogen) atoms. The number of aliphatic carboxylic acids is 1. The SMILES string of the molecule is CCc1ccccc1CNc1nc(CC(=O)O)cs1. The first kappa shape index (κ1) is 13.5. The minimum absolute atomic E-state index is 0.0241. The van der Waals surface area contributed by atoms with Gasteiger partial charge in [-0.25, -0.2) is 4.98 Å². The first-order valence-corrected chi connectivity index (χ1v) is 7.04. The van der Waals surface area contributed by atoms with Gasteiger partial charge in [-0.15, -0.1) is 11.3 Å². The van der Waals surface area contributed by atoms with E-state index in [1.807, 2.05) is 12.1 Å². The second-order valence-electron chi connectivity index (χ2n) is 4.19. The maximum absolute atomic E-state index is 10.6. The molecule has 0 bridgehead atoms. The molecule has 2 rings (SSSR count). The van der Waals surface area contributed by atoms with Crippen molar-refractivity contribution in [2.45, 2.75) is 26.3 Å². The molecule has 0 aliphatic heterocycles. The van der Waals surface area contributed by atoms with E-state index in [4.69, 9.17) is 5.11 Å². The van der Waals surface area contributed by atoms with E-state index >= 15 is 0 Å². The van der Waals surface area contributed by atoms with Crippen molar-refractivity contribution in [2.24, 2.45) is 0 Å². The van der Waals surface area contributed by atoms with Crippen LogP contribution in [-0.2, 0) is 24.2 Å². The van der Waals surface area contributed by atoms with Gasteiger partial charge in [0, 0.05) is 11.9 Å². The number of anilines is 1. The van der Waals surface area contributed by atoms with Crippen molar-refractivity contribution in [1.82, 2.24) is 4.98 Å². The Bertz CT molecular complexity index is 566. The summed E-state index contributed by atoms with van der Waals surface area (Å²) in [7, 11) is 0. The van der Waals surface area contributed by atoms with Gasteiger partial charge in [-0.1, -0.05) is 31.2 Å². The Kier molecular flexibility index (Phi) is 4.52. The molecular formula is C14H16N2O2S. The highest BCUT2D eigenvalue weighted by molar-refractivity contribution is 7.13. The van der Waals surface area contributed by atoms with Gasteiger partial charge in [-0.2, -0.15) is 0 Å². The van der Waals surface area contributed by atoms with Crippen LogP contribution in [0, 0.1) is 0 Å². The Morgan fingerprint density at radius 3 is 2.79 bits per heavy atom. The molecule has 1 aromatic heterocycles. The van der Waals surface area contributed by atoms with Gasteiger partial charge in [-0.3, -0.25) is 4.79 Å². The van der Waals surface area contributed by atoms with Crippen LogP contribution in [0.1, 0.15) is 23.7 Å². The zero-order chi connectivity index (χ0) is 13.7. The van der Waals surface area contributed by atoms with Crippen molar-refractivity contribution in [3.8, 4) is 0 Å². The van der Waals surface area contributed by atoms with Crippen molar-refractivity contribution in [1.29, 1.82) is 0 Å². The van der Waals surface area contributed by atoms with Crippen molar-refractivity contribution < 1.29 is 9.90 Å². The molecule has 2 aromatic rings. The molecule has 0 aliphatic rings. The Balaban J connectivity index is 1.98. The van der Waals surface area contributed by atoms with Gasteiger partial charge in [-0.05, 0) is 17.5 Å². The van der Waals surface area contributed by atoms with Crippen molar-refractivity contribution >= 4 is 22.4 Å². The van der Waals surface area contributed by atoms with Crippen LogP contribution in [-0.4, -0.2) is 16.1 Å². The Labute approximate surface area is 116 Å². The number of carboxylic acids is 1. The standard InChI is InChI=1S/C14H16N2O2S/c1-2-10-5-3-4-6-11(10)8-15-14-16-12(9-19-14)7-13(17)18/h3-6,9H,2,7-8H2,1H3,(H,15,16)(H,17,18). The molecule has 2 N–H and O–H groups in total. The van der Waals surface area contributed by atoms with Gasteiger partial charge < -0.3 is 10.4 Å². The predicted molar refractivity (Wildman–Crippen MR) is 76.6 cm³/mol. The fourth-order valence-corrected chi connectivity index (χ4v) is 2.58. The summed E-state index contributed by atoms with van der Waals surface area (Å²) in [5.41, 5.74) is 3.17. The van der Waals surface area contributed by atoms with Crippen molar-refractivity contribution in [3.05, 3.63) is 46.5 Å². The van der Waals surface area contributed by atoms with E-state index in [9.17, 15) is 4.79 Å². The number of hydrogen-bond acceptors (Lipinski definition) is 4. The quantitative estimate of drug-likeness (QED) is 0.851. The zero-order valence-corrected chi connectivity index (χ0v) is 11.5. The van der Waals surface area contributed by atoms with Crippen LogP contribution in [0.25, 0.3) is 0 Å². The number of benzene rings is 1. The van der Waals surface area contributed by atoms with Gasteiger partial charge in [0.1, 0.15) is 0 Å². The van der Waals surface area contributed by atoms with Gasteiger partial charge >= 0.3 is 5.97 Å². The van der Waals surface area contributed by atoms with Crippen LogP contribution in [0.4, 0.5) is 5.13 Å². The molecule has 0 saturated heterocycles. The summed E-state index contributed by atoms with van der Waals surface area (Å²) in [6.45, 7) is 2.84. The summed E-state index contributed by atoms with van der Waals surface area (Å²) in [5.74, 6) is -0.854. The maximum atomic E-state index is 10.6. The van der Waals surface area contributed by atoms with Crippen LogP contribution in [0.3, 0.4) is 0 Å². The number of aryl methyl sites for hydroxylation is 1. The van der Waals surface area contributed by atoms with E-state index in [0.717, 1.165) is 11.6 Å². The maximum Gasteiger partial charge on any atom is 0.309 e. The van der Waals surface area contributed by atoms with Gasteiger partial charge in [0.25, 0.3) is 0 Å². The van der Waals surface area contributed by atoms with E-state index < -0.39 is 5.97 Å². The normalized spacial score (nSPS) is 10.4. The Morgan fingerprint density at radius 1 is 1.37 bits per heavy atom. The minimum atomic E-state index is -0.854. The molecule has 100 valence electrons. The number of rotatable bonds is 6. The lowest BCUT2D eigenvalue weighted by atomic mass is 10.1. The van der Waals surface area contributed by atoms with Gasteiger partial charge in [0.2, 0.25) is 0 Å². The average molecular weight is 276 g/mol. The van der Waals surface area contributed by atoms with Crippen LogP contribution in [0.2, 0.25) is 0 Å². The lowest BCUT2D eigenvalue weighted by Crippen LogP contribution is -2.03. The first-order valence-electron chi connectivity index (χ1n) is 6.16. The number of nitrogens with one attached hydrogen (secondary N) is 1. The summed E-state index contributed by atoms with van der Waals surface area (Å²) in [6.07, 6.45) is 0.976. The highest BCUT2D eigenvalue weighted by atomic mass is 32.1. The molecule has 1 heterocycles. The molecule has 0 fully saturated rings. The number of hydrogen-bond donors (Lipinski definition) is 2. The average Bonchev–Trinajstić information content (AvgIpc) is 2.83. The summed E-state index contributed by atoms with van der Waals surface area (Å²) < 4.78 is 0. The molecule has 0 saturated carbocycles. The number of thiazole rings is 1. The van der Waals surface area contributed by atoms with Crippen LogP contribution < -0.4 is 5.32 Å². The topological polar surface area (TPSA) is 62.2 Å². The third-order valence-corrected chi connectivity index (χ3v) is 3.66. The van der Waals surface area contributed by atoms with Crippen molar-refractivity contribution in [3.63, 3.8) is 0 Å². The van der Waals surface area contributed by atoms with E-state index in [0.29, 0.717) is 12.2 Å². The smallest absolute Gasteiger partial charge is 0.309 e. The Morgan fingerprint density at radius 2 is 2.11 bits per heavy atom. The summed E-state index contributed by atoms with van der Waals surface area (Å²) in [4.78, 5) is 14.8. The largest absolute Gasteiger partial charge is 0.481 e. The van der Waals surface area contributed by atoms with Gasteiger partial charge in [0.05, 0.1) is 12.1 Å². The number of aromatic nitrogens is 1. The molecule has 0 spiro atoms. The predicted octanol–water partition coefficient (Wildman–Crippen LogP) is 2.94. The van der Waals surface area contributed by atoms with Crippen LogP contribution in [0.5, 0.6) is 0 Å². The fourth-order valence-electron chi connectivity index (χ4n) is 1.87. The molecule has 0 radical (unpaired) electrons. The highest BCUT2D eigenvalue weighted by Gasteiger charge is 2.06. The van der Waals surface area contributed by atoms with E-state index in [2.05, 4.69) is 29.4 Å². The first-order chi connectivity index (χ1) is 9.19. The second-order valence-corrected chi connectivity index (χ2v) is 5.05. The summed E-state index contributed by atoms with van der Waals surface area (Å²) >= 11 is 1.44. The van der Waals surface area contributed by atoms with Crippen molar-refractivity contribution in [2.75, 3.05) is 5.32 Å². The number of carbonyl (C=O) groups is 1. The molecule has 0 aliphatic carbocycles.